The molecule has 1 aliphatic rings. The van der Waals surface area contributed by atoms with Crippen LogP contribution in [0.5, 0.6) is 0 Å². The summed E-state index contributed by atoms with van der Waals surface area (Å²) >= 11 is 0. The van der Waals surface area contributed by atoms with Crippen molar-refractivity contribution in [3.05, 3.63) is 60.4 Å². The van der Waals surface area contributed by atoms with Crippen LogP contribution >= 0.6 is 24.0 Å². The van der Waals surface area contributed by atoms with E-state index in [-0.39, 0.29) is 42.1 Å². The van der Waals surface area contributed by atoms with Crippen LogP contribution in [0.4, 0.5) is 10.1 Å². The molecule has 1 fully saturated rings. The van der Waals surface area contributed by atoms with Gasteiger partial charge in [-0.3, -0.25) is 4.99 Å². The second kappa shape index (κ2) is 11.5. The standard InChI is InChI=1S/C21H27FN4O2S.HI/c1-2-23-21(24-12-17-29(27,28)18-8-4-3-5-9-18)26-15-13-25(14-16-26)20-11-7-6-10-19(20)22;/h3-11H,2,12-17H2,1H3,(H,23,24);1H. The highest BCUT2D eigenvalue weighted by molar-refractivity contribution is 14.0. The average molecular weight is 546 g/mol. The fraction of sp³-hybridized carbons (Fsp3) is 0.381. The smallest absolute Gasteiger partial charge is 0.194 e. The minimum atomic E-state index is -3.35. The fourth-order valence-corrected chi connectivity index (χ4v) is 4.45. The Bertz CT molecular complexity index is 933. The maximum Gasteiger partial charge on any atom is 0.194 e. The molecule has 2 aromatic carbocycles. The zero-order valence-electron chi connectivity index (χ0n) is 17.0. The van der Waals surface area contributed by atoms with Gasteiger partial charge < -0.3 is 15.1 Å². The van der Waals surface area contributed by atoms with Gasteiger partial charge in [0.2, 0.25) is 0 Å². The third-order valence-electron chi connectivity index (χ3n) is 4.83. The van der Waals surface area contributed by atoms with Gasteiger partial charge in [0.15, 0.2) is 15.8 Å². The van der Waals surface area contributed by atoms with Crippen LogP contribution in [-0.2, 0) is 9.84 Å². The van der Waals surface area contributed by atoms with Crippen molar-refractivity contribution in [3.8, 4) is 0 Å². The van der Waals surface area contributed by atoms with Crippen LogP contribution in [0.3, 0.4) is 0 Å². The molecule has 30 heavy (non-hydrogen) atoms. The molecule has 1 N–H and O–H groups in total. The number of hydrogen-bond acceptors (Lipinski definition) is 4. The van der Waals surface area contributed by atoms with Gasteiger partial charge >= 0.3 is 0 Å². The van der Waals surface area contributed by atoms with Crippen LogP contribution in [0, 0.1) is 5.82 Å². The zero-order valence-corrected chi connectivity index (χ0v) is 20.1. The van der Waals surface area contributed by atoms with Gasteiger partial charge in [-0.25, -0.2) is 12.8 Å². The quantitative estimate of drug-likeness (QED) is 0.343. The van der Waals surface area contributed by atoms with Crippen molar-refractivity contribution >= 4 is 45.5 Å². The Hall–Kier alpha value is -1.88. The molecule has 0 amide bonds. The molecule has 0 aliphatic carbocycles. The number of hydrogen-bond donors (Lipinski definition) is 1. The van der Waals surface area contributed by atoms with E-state index in [4.69, 9.17) is 0 Å². The first kappa shape index (κ1) is 24.4. The van der Waals surface area contributed by atoms with Crippen molar-refractivity contribution in [2.75, 3.05) is 49.9 Å². The first-order chi connectivity index (χ1) is 14.0. The molecule has 0 spiro atoms. The average Bonchev–Trinajstić information content (AvgIpc) is 2.74. The van der Waals surface area contributed by atoms with Crippen molar-refractivity contribution in [1.29, 1.82) is 0 Å². The van der Waals surface area contributed by atoms with Gasteiger partial charge in [-0.1, -0.05) is 30.3 Å². The summed E-state index contributed by atoms with van der Waals surface area (Å²) in [7, 11) is -3.35. The number of aliphatic imine (C=N–C) groups is 1. The van der Waals surface area contributed by atoms with Crippen LogP contribution in [0.15, 0.2) is 64.5 Å². The van der Waals surface area contributed by atoms with Crippen LogP contribution in [0.2, 0.25) is 0 Å². The van der Waals surface area contributed by atoms with Crippen LogP contribution < -0.4 is 10.2 Å². The summed E-state index contributed by atoms with van der Waals surface area (Å²) in [6, 6.07) is 15.2. The molecule has 0 atom stereocenters. The number of nitrogens with one attached hydrogen (secondary N) is 1. The van der Waals surface area contributed by atoms with Crippen molar-refractivity contribution in [1.82, 2.24) is 10.2 Å². The molecule has 0 aromatic heterocycles. The molecular weight excluding hydrogens is 518 g/mol. The molecule has 6 nitrogen and oxygen atoms in total. The van der Waals surface area contributed by atoms with E-state index in [1.165, 1.54) is 6.07 Å². The lowest BCUT2D eigenvalue weighted by Crippen LogP contribution is -2.52. The second-order valence-electron chi connectivity index (χ2n) is 6.79. The number of sulfone groups is 1. The SMILES string of the molecule is CCNC(=NCCS(=O)(=O)c1ccccc1)N1CCN(c2ccccc2F)CC1.I. The molecule has 1 heterocycles. The Morgan fingerprint density at radius 2 is 1.67 bits per heavy atom. The number of para-hydroxylation sites is 1. The van der Waals surface area contributed by atoms with Crippen molar-refractivity contribution in [3.63, 3.8) is 0 Å². The van der Waals surface area contributed by atoms with Crippen molar-refractivity contribution in [2.24, 2.45) is 4.99 Å². The van der Waals surface area contributed by atoms with Gasteiger partial charge in [-0.05, 0) is 31.2 Å². The van der Waals surface area contributed by atoms with Gasteiger partial charge in [0, 0.05) is 32.7 Å². The molecule has 0 unspecified atom stereocenters. The molecule has 1 aliphatic heterocycles. The Morgan fingerprint density at radius 3 is 2.30 bits per heavy atom. The monoisotopic (exact) mass is 546 g/mol. The van der Waals surface area contributed by atoms with Crippen molar-refractivity contribution < 1.29 is 12.8 Å². The first-order valence-corrected chi connectivity index (χ1v) is 11.5. The third kappa shape index (κ3) is 6.31. The molecule has 2 aromatic rings. The highest BCUT2D eigenvalue weighted by Crippen LogP contribution is 2.20. The topological polar surface area (TPSA) is 65.0 Å². The predicted octanol–water partition coefficient (Wildman–Crippen LogP) is 3.01. The fourth-order valence-electron chi connectivity index (χ4n) is 3.31. The van der Waals surface area contributed by atoms with E-state index in [1.54, 1.807) is 42.5 Å². The number of piperazine rings is 1. The molecule has 1 saturated heterocycles. The number of benzene rings is 2. The summed E-state index contributed by atoms with van der Waals surface area (Å²) in [4.78, 5) is 8.96. The highest BCUT2D eigenvalue weighted by Gasteiger charge is 2.21. The summed E-state index contributed by atoms with van der Waals surface area (Å²) in [6.07, 6.45) is 0. The maximum atomic E-state index is 14.0. The third-order valence-corrected chi connectivity index (χ3v) is 6.54. The van der Waals surface area contributed by atoms with E-state index < -0.39 is 9.84 Å². The van der Waals surface area contributed by atoms with Crippen LogP contribution in [-0.4, -0.2) is 64.3 Å². The van der Waals surface area contributed by atoms with Crippen molar-refractivity contribution in [2.45, 2.75) is 11.8 Å². The number of rotatable bonds is 6. The number of halogens is 2. The molecule has 3 rings (SSSR count). The van der Waals surface area contributed by atoms with Crippen LogP contribution in [0.25, 0.3) is 0 Å². The minimum absolute atomic E-state index is 0. The highest BCUT2D eigenvalue weighted by atomic mass is 127. The maximum absolute atomic E-state index is 14.0. The lowest BCUT2D eigenvalue weighted by Gasteiger charge is -2.37. The first-order valence-electron chi connectivity index (χ1n) is 9.82. The molecule has 9 heteroatoms. The minimum Gasteiger partial charge on any atom is -0.366 e. The largest absolute Gasteiger partial charge is 0.366 e. The Labute approximate surface area is 195 Å². The molecule has 0 saturated carbocycles. The zero-order chi connectivity index (χ0) is 20.7. The molecule has 0 radical (unpaired) electrons. The number of nitrogens with zero attached hydrogens (tertiary/aromatic N) is 3. The normalized spacial score (nSPS) is 14.9. The lowest BCUT2D eigenvalue weighted by molar-refractivity contribution is 0.371. The second-order valence-corrected chi connectivity index (χ2v) is 8.90. The van der Waals surface area contributed by atoms with E-state index in [9.17, 15) is 12.8 Å². The Kier molecular flexibility index (Phi) is 9.35. The van der Waals surface area contributed by atoms with E-state index in [0.29, 0.717) is 49.3 Å². The molecular formula is C21H28FIN4O2S. The Morgan fingerprint density at radius 1 is 1.03 bits per heavy atom. The number of anilines is 1. The number of guanidine groups is 1. The summed E-state index contributed by atoms with van der Waals surface area (Å²) in [5.41, 5.74) is 0.614. The molecule has 0 bridgehead atoms. The molecule has 164 valence electrons. The van der Waals surface area contributed by atoms with Gasteiger partial charge in [0.1, 0.15) is 5.82 Å². The summed E-state index contributed by atoms with van der Waals surface area (Å²) in [6.45, 7) is 5.58. The van der Waals surface area contributed by atoms with E-state index in [0.717, 1.165) is 0 Å². The predicted molar refractivity (Wildman–Crippen MR) is 130 cm³/mol. The summed E-state index contributed by atoms with van der Waals surface area (Å²) in [5.74, 6) is 0.442. The van der Waals surface area contributed by atoms with E-state index >= 15 is 0 Å². The summed E-state index contributed by atoms with van der Waals surface area (Å²) in [5, 5.41) is 3.23. The van der Waals surface area contributed by atoms with Gasteiger partial charge in [0.25, 0.3) is 0 Å². The summed E-state index contributed by atoms with van der Waals surface area (Å²) < 4.78 is 38.9. The van der Waals surface area contributed by atoms with Gasteiger partial charge in [-0.15, -0.1) is 24.0 Å². The van der Waals surface area contributed by atoms with E-state index in [1.807, 2.05) is 17.9 Å². The van der Waals surface area contributed by atoms with Gasteiger partial charge in [-0.2, -0.15) is 0 Å². The van der Waals surface area contributed by atoms with Crippen LogP contribution in [0.1, 0.15) is 6.92 Å². The lowest BCUT2D eigenvalue weighted by atomic mass is 10.2. The Balaban J connectivity index is 0.00000320. The van der Waals surface area contributed by atoms with Gasteiger partial charge in [0.05, 0.1) is 22.9 Å². The van der Waals surface area contributed by atoms with E-state index in [2.05, 4.69) is 15.2 Å².